The van der Waals surface area contributed by atoms with Crippen molar-refractivity contribution in [3.63, 3.8) is 0 Å². The first-order chi connectivity index (χ1) is 11.5. The summed E-state index contributed by atoms with van der Waals surface area (Å²) in [5.74, 6) is 0.677. The highest BCUT2D eigenvalue weighted by atomic mass is 16.3. The number of hydrogen-bond donors (Lipinski definition) is 1. The maximum absolute atomic E-state index is 12.5. The number of aromatic nitrogens is 1. The second kappa shape index (κ2) is 6.71. The molecule has 4 heteroatoms. The number of pyridine rings is 1. The van der Waals surface area contributed by atoms with Gasteiger partial charge in [0.05, 0.1) is 6.26 Å². The third-order valence-electron chi connectivity index (χ3n) is 3.96. The second-order valence-corrected chi connectivity index (χ2v) is 5.99. The molecule has 0 radical (unpaired) electrons. The summed E-state index contributed by atoms with van der Waals surface area (Å²) in [7, 11) is 0. The molecule has 0 saturated carbocycles. The molecule has 24 heavy (non-hydrogen) atoms. The van der Waals surface area contributed by atoms with E-state index in [9.17, 15) is 4.79 Å². The molecule has 0 saturated heterocycles. The number of hydrogen-bond acceptors (Lipinski definition) is 3. The van der Waals surface area contributed by atoms with Gasteiger partial charge in [-0.2, -0.15) is 0 Å². The predicted octanol–water partition coefficient (Wildman–Crippen LogP) is 4.20. The van der Waals surface area contributed by atoms with E-state index in [1.165, 1.54) is 5.56 Å². The van der Waals surface area contributed by atoms with Crippen LogP contribution < -0.4 is 5.32 Å². The third kappa shape index (κ3) is 3.38. The Morgan fingerprint density at radius 2 is 1.88 bits per heavy atom. The highest BCUT2D eigenvalue weighted by Crippen LogP contribution is 2.18. The molecular formula is C20H20N2O2. The van der Waals surface area contributed by atoms with Crippen LogP contribution >= 0.6 is 0 Å². The molecule has 0 aliphatic heterocycles. The van der Waals surface area contributed by atoms with Gasteiger partial charge >= 0.3 is 0 Å². The Kier molecular flexibility index (Phi) is 4.47. The number of nitrogens with one attached hydrogen (secondary N) is 1. The third-order valence-corrected chi connectivity index (χ3v) is 3.96. The summed E-state index contributed by atoms with van der Waals surface area (Å²) >= 11 is 0. The van der Waals surface area contributed by atoms with Gasteiger partial charge in [0.2, 0.25) is 0 Å². The lowest BCUT2D eigenvalue weighted by Crippen LogP contribution is -2.24. The van der Waals surface area contributed by atoms with Crippen molar-refractivity contribution in [3.8, 4) is 11.5 Å². The average molecular weight is 320 g/mol. The van der Waals surface area contributed by atoms with Gasteiger partial charge in [-0.05, 0) is 55.7 Å². The summed E-state index contributed by atoms with van der Waals surface area (Å²) in [6.07, 6.45) is 3.38. The first-order valence-corrected chi connectivity index (χ1v) is 7.89. The smallest absolute Gasteiger partial charge is 0.252 e. The zero-order chi connectivity index (χ0) is 17.1. The molecular weight excluding hydrogens is 300 g/mol. The van der Waals surface area contributed by atoms with Gasteiger partial charge in [0, 0.05) is 18.3 Å². The van der Waals surface area contributed by atoms with Gasteiger partial charge in [-0.15, -0.1) is 0 Å². The van der Waals surface area contributed by atoms with Crippen LogP contribution in [0.1, 0.15) is 32.6 Å². The number of furan rings is 1. The molecule has 0 aliphatic carbocycles. The van der Waals surface area contributed by atoms with Crippen LogP contribution in [-0.2, 0) is 6.54 Å². The van der Waals surface area contributed by atoms with E-state index < -0.39 is 0 Å². The van der Waals surface area contributed by atoms with Crippen molar-refractivity contribution in [1.82, 2.24) is 10.3 Å². The van der Waals surface area contributed by atoms with Gasteiger partial charge in [-0.25, -0.2) is 0 Å². The molecule has 0 bridgehead atoms. The maximum atomic E-state index is 12.5. The molecule has 0 aliphatic rings. The van der Waals surface area contributed by atoms with Crippen molar-refractivity contribution in [2.45, 2.75) is 27.3 Å². The van der Waals surface area contributed by atoms with E-state index >= 15 is 0 Å². The Morgan fingerprint density at radius 1 is 1.12 bits per heavy atom. The standard InChI is InChI=1S/C20H20N2O2/c1-13-9-14(2)19(15(3)10-13)20(23)22-12-16-6-7-17(21-11-16)18-5-4-8-24-18/h4-11H,12H2,1-3H3,(H,22,23). The number of carbonyl (C=O) groups is 1. The first kappa shape index (κ1) is 16.0. The summed E-state index contributed by atoms with van der Waals surface area (Å²) in [6, 6.07) is 11.6. The molecule has 2 aromatic heterocycles. The van der Waals surface area contributed by atoms with Crippen molar-refractivity contribution in [2.24, 2.45) is 0 Å². The SMILES string of the molecule is Cc1cc(C)c(C(=O)NCc2ccc(-c3ccco3)nc2)c(C)c1. The van der Waals surface area contributed by atoms with Crippen LogP contribution in [-0.4, -0.2) is 10.9 Å². The number of nitrogens with zero attached hydrogens (tertiary/aromatic N) is 1. The van der Waals surface area contributed by atoms with E-state index in [0.29, 0.717) is 6.54 Å². The topological polar surface area (TPSA) is 55.1 Å². The van der Waals surface area contributed by atoms with Crippen molar-refractivity contribution in [3.05, 3.63) is 76.7 Å². The van der Waals surface area contributed by atoms with Gasteiger partial charge in [-0.3, -0.25) is 9.78 Å². The fourth-order valence-corrected chi connectivity index (χ4v) is 2.91. The lowest BCUT2D eigenvalue weighted by atomic mass is 9.99. The number of rotatable bonds is 4. The predicted molar refractivity (Wildman–Crippen MR) is 93.8 cm³/mol. The summed E-state index contributed by atoms with van der Waals surface area (Å²) < 4.78 is 5.32. The monoisotopic (exact) mass is 320 g/mol. The molecule has 0 unspecified atom stereocenters. The molecule has 2 heterocycles. The average Bonchev–Trinajstić information content (AvgIpc) is 3.07. The van der Waals surface area contributed by atoms with E-state index in [0.717, 1.165) is 33.7 Å². The summed E-state index contributed by atoms with van der Waals surface area (Å²) in [6.45, 7) is 6.41. The molecule has 1 amide bonds. The minimum absolute atomic E-state index is 0.0555. The Labute approximate surface area is 141 Å². The van der Waals surface area contributed by atoms with Crippen molar-refractivity contribution < 1.29 is 9.21 Å². The van der Waals surface area contributed by atoms with Crippen LogP contribution in [0.25, 0.3) is 11.5 Å². The second-order valence-electron chi connectivity index (χ2n) is 5.99. The zero-order valence-electron chi connectivity index (χ0n) is 14.1. The molecule has 122 valence electrons. The van der Waals surface area contributed by atoms with E-state index in [-0.39, 0.29) is 5.91 Å². The van der Waals surface area contributed by atoms with E-state index in [2.05, 4.69) is 10.3 Å². The van der Waals surface area contributed by atoms with E-state index in [4.69, 9.17) is 4.42 Å². The molecule has 1 aromatic carbocycles. The van der Waals surface area contributed by atoms with E-state index in [1.54, 1.807) is 12.5 Å². The van der Waals surface area contributed by atoms with Gasteiger partial charge < -0.3 is 9.73 Å². The quantitative estimate of drug-likeness (QED) is 0.784. The number of amides is 1. The molecule has 0 fully saturated rings. The molecule has 0 atom stereocenters. The van der Waals surface area contributed by atoms with Crippen LogP contribution in [0.2, 0.25) is 0 Å². The molecule has 4 nitrogen and oxygen atoms in total. The summed E-state index contributed by atoms with van der Waals surface area (Å²) in [4.78, 5) is 16.9. The van der Waals surface area contributed by atoms with Crippen molar-refractivity contribution in [2.75, 3.05) is 0 Å². The number of benzene rings is 1. The Hall–Kier alpha value is -2.88. The van der Waals surface area contributed by atoms with Crippen LogP contribution in [0, 0.1) is 20.8 Å². The zero-order valence-corrected chi connectivity index (χ0v) is 14.1. The van der Waals surface area contributed by atoms with Gasteiger partial charge in [0.1, 0.15) is 5.69 Å². The maximum Gasteiger partial charge on any atom is 0.252 e. The van der Waals surface area contributed by atoms with Crippen molar-refractivity contribution in [1.29, 1.82) is 0 Å². The van der Waals surface area contributed by atoms with Crippen LogP contribution in [0.5, 0.6) is 0 Å². The van der Waals surface area contributed by atoms with E-state index in [1.807, 2.05) is 57.2 Å². The van der Waals surface area contributed by atoms with Gasteiger partial charge in [-0.1, -0.05) is 23.8 Å². The molecule has 1 N–H and O–H groups in total. The van der Waals surface area contributed by atoms with Crippen molar-refractivity contribution >= 4 is 5.91 Å². The van der Waals surface area contributed by atoms with Crippen LogP contribution in [0.3, 0.4) is 0 Å². The lowest BCUT2D eigenvalue weighted by Gasteiger charge is -2.12. The summed E-state index contributed by atoms with van der Waals surface area (Å²) in [5, 5.41) is 2.97. The lowest BCUT2D eigenvalue weighted by molar-refractivity contribution is 0.0949. The van der Waals surface area contributed by atoms with Crippen LogP contribution in [0.15, 0.2) is 53.3 Å². The fraction of sp³-hybridized carbons (Fsp3) is 0.200. The normalized spacial score (nSPS) is 10.6. The molecule has 0 spiro atoms. The molecule has 3 rings (SSSR count). The van der Waals surface area contributed by atoms with Gasteiger partial charge in [0.25, 0.3) is 5.91 Å². The fourth-order valence-electron chi connectivity index (χ4n) is 2.91. The minimum Gasteiger partial charge on any atom is -0.463 e. The summed E-state index contributed by atoms with van der Waals surface area (Å²) in [5.41, 5.74) is 5.63. The first-order valence-electron chi connectivity index (χ1n) is 7.89. The Morgan fingerprint density at radius 3 is 2.46 bits per heavy atom. The number of aryl methyl sites for hydroxylation is 3. The number of carbonyl (C=O) groups excluding carboxylic acids is 1. The Balaban J connectivity index is 1.69. The van der Waals surface area contributed by atoms with Gasteiger partial charge in [0.15, 0.2) is 5.76 Å². The molecule has 3 aromatic rings. The minimum atomic E-state index is -0.0555. The highest BCUT2D eigenvalue weighted by Gasteiger charge is 2.12. The highest BCUT2D eigenvalue weighted by molar-refractivity contribution is 5.97. The van der Waals surface area contributed by atoms with Crippen LogP contribution in [0.4, 0.5) is 0 Å². The Bertz CT molecular complexity index is 827. The largest absolute Gasteiger partial charge is 0.463 e.